The highest BCUT2D eigenvalue weighted by atomic mass is 15.0. The van der Waals surface area contributed by atoms with Gasteiger partial charge in [0.25, 0.3) is 0 Å². The van der Waals surface area contributed by atoms with E-state index in [1.807, 2.05) is 0 Å². The Morgan fingerprint density at radius 2 is 0.410 bits per heavy atom. The molecule has 0 radical (unpaired) electrons. The SMILES string of the molecule is c1ccc(-c2cccc(-n3c4ccc(-c5ccc6c(c5)c5ccccc5n6-c5ccc6ccccc6c5)cc4c4cc5c(cc43)-c3ccccc3C5(c3ccccc3)c3ccccc3)c2)cc1.c1ccc(-c2cccc(-n3c4ccc(-c5ccc6c(c5)c5ccccc5n6-c5ccc6ccccc6c5)cc4c4cc5c(cc43)C(c3ccccc3)(c3ccccc3)c3ccccc3-5)c2)cc1. The molecule has 624 valence electrons. The normalized spacial score (nSPS) is 12.9. The molecule has 0 saturated heterocycles. The number of para-hydroxylation sites is 2. The van der Waals surface area contributed by atoms with E-state index in [2.05, 4.69) is 528 Å². The van der Waals surface area contributed by atoms with Crippen molar-refractivity contribution in [1.82, 2.24) is 18.3 Å². The summed E-state index contributed by atoms with van der Waals surface area (Å²) >= 11 is 0. The number of aromatic nitrogens is 4. The standard InChI is InChI=1S/2C65H42N2/c1-4-17-43(18-5-1)46-21-16-26-51(37-46)67-63-36-33-48(47-32-35-62-56(39-47)54-28-13-15-30-61(54)66(62)52-34-31-44-19-10-11-20-45(44)38-52)40-57(63)58-41-60-55(42-64(58)67)53-27-12-14-29-59(53)65(60,49-22-6-2-7-23-49)50-24-8-3-9-25-50;1-4-17-43(18-5-1)46-21-16-26-51(37-46)67-63-36-33-48(47-32-35-62-56(39-47)54-28-13-15-30-61(54)66(62)52-34-31-44-19-10-11-20-45(44)38-52)40-57(63)58-41-55-53-27-12-14-29-59(53)65(60(55)42-64(58)67,49-22-6-2-7-23-49)50-24-8-3-9-25-50/h2*1-42H. The summed E-state index contributed by atoms with van der Waals surface area (Å²) in [6.45, 7) is 0. The fourth-order valence-electron chi connectivity index (χ4n) is 23.2. The largest absolute Gasteiger partial charge is 0.309 e. The molecule has 0 aliphatic heterocycles. The summed E-state index contributed by atoms with van der Waals surface area (Å²) < 4.78 is 9.84. The van der Waals surface area contributed by atoms with E-state index in [-0.39, 0.29) is 0 Å². The smallest absolute Gasteiger partial charge is 0.0714 e. The predicted octanol–water partition coefficient (Wildman–Crippen LogP) is 33.5. The van der Waals surface area contributed by atoms with Gasteiger partial charge in [0.1, 0.15) is 0 Å². The van der Waals surface area contributed by atoms with Gasteiger partial charge in [-0.25, -0.2) is 0 Å². The van der Waals surface area contributed by atoms with Crippen molar-refractivity contribution < 1.29 is 0 Å². The van der Waals surface area contributed by atoms with Crippen LogP contribution >= 0.6 is 0 Å². The van der Waals surface area contributed by atoms with Gasteiger partial charge in [0.2, 0.25) is 0 Å². The van der Waals surface area contributed by atoms with Gasteiger partial charge in [-0.3, -0.25) is 0 Å². The molecule has 0 bridgehead atoms. The molecule has 0 fully saturated rings. The van der Waals surface area contributed by atoms with Crippen molar-refractivity contribution in [3.05, 3.63) is 554 Å². The van der Waals surface area contributed by atoms with Crippen molar-refractivity contribution in [1.29, 1.82) is 0 Å². The van der Waals surface area contributed by atoms with Crippen LogP contribution in [0.3, 0.4) is 0 Å². The first-order valence-electron chi connectivity index (χ1n) is 46.5. The van der Waals surface area contributed by atoms with Crippen molar-refractivity contribution >= 4 is 109 Å². The van der Waals surface area contributed by atoms with Crippen molar-refractivity contribution in [2.45, 2.75) is 10.8 Å². The molecule has 4 heterocycles. The van der Waals surface area contributed by atoms with Gasteiger partial charge in [-0.15, -0.1) is 0 Å². The van der Waals surface area contributed by atoms with Gasteiger partial charge in [-0.2, -0.15) is 0 Å². The van der Waals surface area contributed by atoms with Crippen LogP contribution in [-0.4, -0.2) is 18.3 Å². The Hall–Kier alpha value is -17.4. The number of benzene rings is 22. The molecule has 26 aromatic rings. The van der Waals surface area contributed by atoms with Gasteiger partial charge in [-0.05, 0) is 266 Å². The fraction of sp³-hybridized carbons (Fsp3) is 0.0154. The number of rotatable bonds is 12. The van der Waals surface area contributed by atoms with Crippen LogP contribution in [0.1, 0.15) is 44.5 Å². The van der Waals surface area contributed by atoms with Crippen molar-refractivity contribution in [3.63, 3.8) is 0 Å². The monoisotopic (exact) mass is 1700 g/mol. The van der Waals surface area contributed by atoms with E-state index in [4.69, 9.17) is 0 Å². The molecule has 4 aromatic heterocycles. The zero-order valence-electron chi connectivity index (χ0n) is 73.3. The van der Waals surface area contributed by atoms with Gasteiger partial charge in [0.05, 0.1) is 55.0 Å². The Morgan fingerprint density at radius 1 is 0.127 bits per heavy atom. The Balaban J connectivity index is 0.000000136. The second-order valence-corrected chi connectivity index (χ2v) is 36.1. The van der Waals surface area contributed by atoms with E-state index in [0.717, 1.165) is 11.4 Å². The van der Waals surface area contributed by atoms with Gasteiger partial charge < -0.3 is 18.3 Å². The highest BCUT2D eigenvalue weighted by Gasteiger charge is 2.48. The third-order valence-electron chi connectivity index (χ3n) is 29.1. The van der Waals surface area contributed by atoms with E-state index in [9.17, 15) is 0 Å². The Bertz CT molecular complexity index is 9150. The summed E-state index contributed by atoms with van der Waals surface area (Å²) in [4.78, 5) is 0. The van der Waals surface area contributed by atoms with Crippen molar-refractivity contribution in [2.75, 3.05) is 0 Å². The van der Waals surface area contributed by atoms with Crippen LogP contribution in [0.4, 0.5) is 0 Å². The average molecular weight is 1700 g/mol. The summed E-state index contributed by atoms with van der Waals surface area (Å²) in [5.74, 6) is 0. The topological polar surface area (TPSA) is 19.7 Å². The second kappa shape index (κ2) is 30.6. The number of nitrogens with zero attached hydrogens (tertiary/aromatic N) is 4. The molecule has 134 heavy (non-hydrogen) atoms. The first kappa shape index (κ1) is 76.6. The minimum absolute atomic E-state index is 0.508. The highest BCUT2D eigenvalue weighted by molar-refractivity contribution is 6.17. The molecule has 28 rings (SSSR count). The van der Waals surface area contributed by atoms with Crippen molar-refractivity contribution in [3.8, 4) is 89.5 Å². The third kappa shape index (κ3) is 11.8. The van der Waals surface area contributed by atoms with Crippen molar-refractivity contribution in [2.24, 2.45) is 0 Å². The van der Waals surface area contributed by atoms with Crippen LogP contribution in [-0.2, 0) is 10.8 Å². The Morgan fingerprint density at radius 3 is 0.828 bits per heavy atom. The molecule has 0 amide bonds. The fourth-order valence-corrected chi connectivity index (χ4v) is 23.2. The second-order valence-electron chi connectivity index (χ2n) is 36.1. The van der Waals surface area contributed by atoms with Gasteiger partial charge in [-0.1, -0.05) is 376 Å². The average Bonchev–Trinajstić information content (AvgIpc) is 1.52. The predicted molar refractivity (Wildman–Crippen MR) is 562 cm³/mol. The van der Waals surface area contributed by atoms with Crippen LogP contribution in [0.25, 0.3) is 198 Å². The molecule has 0 N–H and O–H groups in total. The zero-order valence-corrected chi connectivity index (χ0v) is 73.3. The molecular formula is C130H84N4. The maximum Gasteiger partial charge on any atom is 0.0714 e. The lowest BCUT2D eigenvalue weighted by molar-refractivity contribution is 0.769. The third-order valence-corrected chi connectivity index (χ3v) is 29.1. The number of hydrogen-bond acceptors (Lipinski definition) is 0. The lowest BCUT2D eigenvalue weighted by atomic mass is 9.67. The van der Waals surface area contributed by atoms with Gasteiger partial charge >= 0.3 is 0 Å². The zero-order chi connectivity index (χ0) is 88.1. The maximum atomic E-state index is 2.54. The summed E-state index contributed by atoms with van der Waals surface area (Å²) in [6, 6.07) is 189. The first-order chi connectivity index (χ1) is 66.4. The molecule has 2 aliphatic rings. The van der Waals surface area contributed by atoms with E-state index in [1.54, 1.807) is 0 Å². The summed E-state index contributed by atoms with van der Waals surface area (Å²) in [7, 11) is 0. The minimum atomic E-state index is -0.512. The molecule has 0 unspecified atom stereocenters. The molecule has 22 aromatic carbocycles. The molecule has 4 heteroatoms. The van der Waals surface area contributed by atoms with Crippen LogP contribution in [0, 0.1) is 0 Å². The summed E-state index contributed by atoms with van der Waals surface area (Å²) in [5.41, 5.74) is 38.1. The molecule has 0 saturated carbocycles. The van der Waals surface area contributed by atoms with Crippen LogP contribution in [0.15, 0.2) is 510 Å². The summed E-state index contributed by atoms with van der Waals surface area (Å²) in [5, 5.41) is 14.9. The Labute approximate surface area is 776 Å². The van der Waals surface area contributed by atoms with Crippen LogP contribution in [0.5, 0.6) is 0 Å². The lowest BCUT2D eigenvalue weighted by Gasteiger charge is -2.34. The van der Waals surface area contributed by atoms with E-state index in [0.29, 0.717) is 0 Å². The first-order valence-corrected chi connectivity index (χ1v) is 46.5. The van der Waals surface area contributed by atoms with Crippen LogP contribution in [0.2, 0.25) is 0 Å². The molecular weight excluding hydrogens is 1620 g/mol. The molecule has 0 spiro atoms. The quantitative estimate of drug-likeness (QED) is 0.116. The number of fused-ring (bicyclic) bond motifs is 20. The maximum absolute atomic E-state index is 2.54. The molecule has 2 aliphatic carbocycles. The lowest BCUT2D eigenvalue weighted by Crippen LogP contribution is -2.28. The van der Waals surface area contributed by atoms with E-state index < -0.39 is 10.8 Å². The molecule has 0 atom stereocenters. The van der Waals surface area contributed by atoms with Gasteiger partial charge in [0.15, 0.2) is 0 Å². The highest BCUT2D eigenvalue weighted by Crippen LogP contribution is 2.60. The minimum Gasteiger partial charge on any atom is -0.309 e. The molecule has 4 nitrogen and oxygen atoms in total. The van der Waals surface area contributed by atoms with Crippen LogP contribution < -0.4 is 0 Å². The van der Waals surface area contributed by atoms with E-state index >= 15 is 0 Å². The Kier molecular flexibility index (Phi) is 17.5. The van der Waals surface area contributed by atoms with E-state index in [1.165, 1.54) is 231 Å². The summed E-state index contributed by atoms with van der Waals surface area (Å²) in [6.07, 6.45) is 0. The number of hydrogen-bond donors (Lipinski definition) is 0. The van der Waals surface area contributed by atoms with Gasteiger partial charge in [0, 0.05) is 65.8 Å².